The lowest BCUT2D eigenvalue weighted by molar-refractivity contribution is 0.0933. The molecule has 1 aliphatic heterocycles. The maximum Gasteiger partial charge on any atom is 0.291 e. The standard InChI is InChI=1S/C19H23FN4O2/c1-3-12(2)21-18(25)16-15-9-4-5-10-24(15)17(23-16)19(26)22-14-8-6-7-13(20)11-14/h6-8,11-12H,3-5,9-10H2,1-2H3,(H,21,25)(H,22,26). The van der Waals surface area contributed by atoms with Gasteiger partial charge in [0.1, 0.15) is 11.5 Å². The van der Waals surface area contributed by atoms with E-state index in [1.807, 2.05) is 18.4 Å². The molecular weight excluding hydrogens is 335 g/mol. The molecule has 6 nitrogen and oxygen atoms in total. The smallest absolute Gasteiger partial charge is 0.291 e. The van der Waals surface area contributed by atoms with E-state index in [1.165, 1.54) is 18.2 Å². The largest absolute Gasteiger partial charge is 0.348 e. The molecule has 1 atom stereocenters. The predicted octanol–water partition coefficient (Wildman–Crippen LogP) is 3.14. The van der Waals surface area contributed by atoms with Crippen LogP contribution in [-0.2, 0) is 13.0 Å². The van der Waals surface area contributed by atoms with Gasteiger partial charge in [-0.25, -0.2) is 9.37 Å². The van der Waals surface area contributed by atoms with E-state index in [1.54, 1.807) is 6.07 Å². The highest BCUT2D eigenvalue weighted by molar-refractivity contribution is 6.03. The van der Waals surface area contributed by atoms with Crippen LogP contribution in [0.25, 0.3) is 0 Å². The number of nitrogens with zero attached hydrogens (tertiary/aromatic N) is 2. The third kappa shape index (κ3) is 3.76. The van der Waals surface area contributed by atoms with Gasteiger partial charge >= 0.3 is 0 Å². The van der Waals surface area contributed by atoms with Gasteiger partial charge in [-0.3, -0.25) is 9.59 Å². The summed E-state index contributed by atoms with van der Waals surface area (Å²) in [5.74, 6) is -0.934. The molecule has 0 radical (unpaired) electrons. The molecule has 0 fully saturated rings. The normalized spacial score (nSPS) is 14.4. The molecule has 0 spiro atoms. The zero-order valence-electron chi connectivity index (χ0n) is 15.0. The van der Waals surface area contributed by atoms with Gasteiger partial charge in [0.15, 0.2) is 5.82 Å². The van der Waals surface area contributed by atoms with Gasteiger partial charge in [0.2, 0.25) is 0 Å². The second kappa shape index (κ2) is 7.68. The third-order valence-corrected chi connectivity index (χ3v) is 4.61. The molecule has 1 aromatic heterocycles. The lowest BCUT2D eigenvalue weighted by Gasteiger charge is -2.17. The van der Waals surface area contributed by atoms with E-state index >= 15 is 0 Å². The van der Waals surface area contributed by atoms with Crippen molar-refractivity contribution in [3.05, 3.63) is 47.3 Å². The van der Waals surface area contributed by atoms with Crippen LogP contribution < -0.4 is 10.6 Å². The minimum Gasteiger partial charge on any atom is -0.348 e. The van der Waals surface area contributed by atoms with E-state index < -0.39 is 11.7 Å². The van der Waals surface area contributed by atoms with E-state index in [0.29, 0.717) is 24.3 Å². The molecule has 3 rings (SSSR count). The van der Waals surface area contributed by atoms with Crippen molar-refractivity contribution in [2.24, 2.45) is 0 Å². The van der Waals surface area contributed by atoms with Crippen LogP contribution in [0.4, 0.5) is 10.1 Å². The van der Waals surface area contributed by atoms with Crippen molar-refractivity contribution in [1.82, 2.24) is 14.9 Å². The van der Waals surface area contributed by atoms with Crippen LogP contribution in [0.5, 0.6) is 0 Å². The molecule has 0 bridgehead atoms. The molecule has 2 heterocycles. The van der Waals surface area contributed by atoms with E-state index in [-0.39, 0.29) is 17.8 Å². The molecule has 2 aromatic rings. The van der Waals surface area contributed by atoms with E-state index in [2.05, 4.69) is 15.6 Å². The number of imidazole rings is 1. The number of nitrogens with one attached hydrogen (secondary N) is 2. The van der Waals surface area contributed by atoms with Crippen LogP contribution in [0.2, 0.25) is 0 Å². The van der Waals surface area contributed by atoms with Crippen LogP contribution in [-0.4, -0.2) is 27.4 Å². The van der Waals surface area contributed by atoms with Crippen LogP contribution >= 0.6 is 0 Å². The maximum absolute atomic E-state index is 13.3. The summed E-state index contributed by atoms with van der Waals surface area (Å²) < 4.78 is 15.1. The average molecular weight is 358 g/mol. The molecule has 1 aliphatic rings. The highest BCUT2D eigenvalue weighted by Crippen LogP contribution is 2.22. The number of benzene rings is 1. The fraction of sp³-hybridized carbons (Fsp3) is 0.421. The zero-order chi connectivity index (χ0) is 18.7. The number of hydrogen-bond donors (Lipinski definition) is 2. The molecule has 26 heavy (non-hydrogen) atoms. The Kier molecular flexibility index (Phi) is 5.35. The highest BCUT2D eigenvalue weighted by atomic mass is 19.1. The quantitative estimate of drug-likeness (QED) is 0.862. The topological polar surface area (TPSA) is 76.0 Å². The predicted molar refractivity (Wildman–Crippen MR) is 96.7 cm³/mol. The second-order valence-corrected chi connectivity index (χ2v) is 6.59. The minimum absolute atomic E-state index is 0.0352. The first-order valence-electron chi connectivity index (χ1n) is 8.96. The van der Waals surface area contributed by atoms with Gasteiger partial charge < -0.3 is 15.2 Å². The lowest BCUT2D eigenvalue weighted by Crippen LogP contribution is -2.33. The summed E-state index contributed by atoms with van der Waals surface area (Å²) in [6.07, 6.45) is 3.41. The molecule has 0 saturated carbocycles. The number of rotatable bonds is 5. The highest BCUT2D eigenvalue weighted by Gasteiger charge is 2.27. The number of carbonyl (C=O) groups is 2. The first-order chi connectivity index (χ1) is 12.5. The van der Waals surface area contributed by atoms with E-state index in [0.717, 1.165) is 25.0 Å². The Balaban J connectivity index is 1.89. The van der Waals surface area contributed by atoms with Gasteiger partial charge in [0, 0.05) is 18.3 Å². The van der Waals surface area contributed by atoms with Gasteiger partial charge in [-0.1, -0.05) is 13.0 Å². The summed E-state index contributed by atoms with van der Waals surface area (Å²) in [5, 5.41) is 5.57. The summed E-state index contributed by atoms with van der Waals surface area (Å²) in [7, 11) is 0. The minimum atomic E-state index is -0.443. The van der Waals surface area contributed by atoms with Crippen LogP contribution in [0.3, 0.4) is 0 Å². The molecule has 1 unspecified atom stereocenters. The summed E-state index contributed by atoms with van der Waals surface area (Å²) >= 11 is 0. The Morgan fingerprint density at radius 1 is 1.31 bits per heavy atom. The Labute approximate surface area is 151 Å². The summed E-state index contributed by atoms with van der Waals surface area (Å²) in [4.78, 5) is 29.6. The molecule has 2 amide bonds. The van der Waals surface area contributed by atoms with Gasteiger partial charge in [-0.15, -0.1) is 0 Å². The summed E-state index contributed by atoms with van der Waals surface area (Å²) in [5.41, 5.74) is 1.46. The third-order valence-electron chi connectivity index (χ3n) is 4.61. The van der Waals surface area contributed by atoms with Crippen molar-refractivity contribution in [3.8, 4) is 0 Å². The molecule has 0 saturated heterocycles. The Hall–Kier alpha value is -2.70. The van der Waals surface area contributed by atoms with Crippen molar-refractivity contribution in [1.29, 1.82) is 0 Å². The van der Waals surface area contributed by atoms with Crippen LogP contribution in [0, 0.1) is 5.82 Å². The van der Waals surface area contributed by atoms with E-state index in [9.17, 15) is 14.0 Å². The fourth-order valence-electron chi connectivity index (χ4n) is 3.05. The summed E-state index contributed by atoms with van der Waals surface area (Å²) in [6, 6.07) is 5.72. The lowest BCUT2D eigenvalue weighted by atomic mass is 10.1. The zero-order valence-corrected chi connectivity index (χ0v) is 15.0. The van der Waals surface area contributed by atoms with E-state index in [4.69, 9.17) is 0 Å². The fourth-order valence-corrected chi connectivity index (χ4v) is 3.05. The number of halogens is 1. The number of fused-ring (bicyclic) bond motifs is 1. The van der Waals surface area contributed by atoms with Gasteiger partial charge in [0.25, 0.3) is 11.8 Å². The van der Waals surface area contributed by atoms with Crippen LogP contribution in [0.15, 0.2) is 24.3 Å². The van der Waals surface area contributed by atoms with Crippen molar-refractivity contribution < 1.29 is 14.0 Å². The van der Waals surface area contributed by atoms with Crippen molar-refractivity contribution in [2.45, 2.75) is 52.1 Å². The first kappa shape index (κ1) is 18.1. The molecule has 2 N–H and O–H groups in total. The molecule has 0 aliphatic carbocycles. The van der Waals surface area contributed by atoms with Crippen molar-refractivity contribution >= 4 is 17.5 Å². The summed E-state index contributed by atoms with van der Waals surface area (Å²) in [6.45, 7) is 4.56. The molecule has 1 aromatic carbocycles. The average Bonchev–Trinajstić information content (AvgIpc) is 3.01. The monoisotopic (exact) mass is 358 g/mol. The van der Waals surface area contributed by atoms with Gasteiger partial charge in [-0.05, 0) is 50.8 Å². The molecular formula is C19H23FN4O2. The number of carbonyl (C=O) groups excluding carboxylic acids is 2. The maximum atomic E-state index is 13.3. The number of aromatic nitrogens is 2. The van der Waals surface area contributed by atoms with Gasteiger partial charge in [0.05, 0.1) is 5.69 Å². The first-order valence-corrected chi connectivity index (χ1v) is 8.96. The SMILES string of the molecule is CCC(C)NC(=O)c1nc(C(=O)Nc2cccc(F)c2)n2c1CCCC2. The number of anilines is 1. The molecule has 138 valence electrons. The molecule has 7 heteroatoms. The van der Waals surface area contributed by atoms with Gasteiger partial charge in [-0.2, -0.15) is 0 Å². The van der Waals surface area contributed by atoms with Crippen molar-refractivity contribution in [3.63, 3.8) is 0 Å². The van der Waals surface area contributed by atoms with Crippen LogP contribution in [0.1, 0.15) is 59.9 Å². The number of amides is 2. The Bertz CT molecular complexity index is 831. The number of hydrogen-bond acceptors (Lipinski definition) is 3. The second-order valence-electron chi connectivity index (χ2n) is 6.59. The Morgan fingerprint density at radius 2 is 2.12 bits per heavy atom. The van der Waals surface area contributed by atoms with Crippen molar-refractivity contribution in [2.75, 3.05) is 5.32 Å². The Morgan fingerprint density at radius 3 is 2.85 bits per heavy atom.